The van der Waals surface area contributed by atoms with Gasteiger partial charge in [-0.2, -0.15) is 0 Å². The first-order valence-corrected chi connectivity index (χ1v) is 4.50. The quantitative estimate of drug-likeness (QED) is 0.635. The summed E-state index contributed by atoms with van der Waals surface area (Å²) in [5.41, 5.74) is 7.12. The maximum atomic E-state index is 6.02. The fourth-order valence-corrected chi connectivity index (χ4v) is 1.99. The lowest BCUT2D eigenvalue weighted by atomic mass is 10.1. The average molecular weight is 181 g/mol. The van der Waals surface area contributed by atoms with E-state index in [1.807, 2.05) is 7.05 Å². The van der Waals surface area contributed by atoms with E-state index < -0.39 is 0 Å². The number of aryl methyl sites for hydroxylation is 1. The molecule has 0 bridgehead atoms. The van der Waals surface area contributed by atoms with Crippen LogP contribution in [0.5, 0.6) is 0 Å². The van der Waals surface area contributed by atoms with E-state index in [-0.39, 0.29) is 12.1 Å². The SMILES string of the molecule is CN1CCC(N)C1c1cnnn1C. The van der Waals surface area contributed by atoms with Crippen molar-refractivity contribution in [2.45, 2.75) is 18.5 Å². The average Bonchev–Trinajstić information content (AvgIpc) is 2.60. The standard InChI is InChI=1S/C8H15N5/c1-12-4-3-6(9)8(12)7-5-10-11-13(7)2/h5-6,8H,3-4,9H2,1-2H3. The van der Waals surface area contributed by atoms with E-state index in [9.17, 15) is 0 Å². The van der Waals surface area contributed by atoms with Crippen LogP contribution in [-0.2, 0) is 7.05 Å². The van der Waals surface area contributed by atoms with Crippen molar-refractivity contribution in [2.24, 2.45) is 12.8 Å². The molecule has 72 valence electrons. The Kier molecular flexibility index (Phi) is 2.05. The first kappa shape index (κ1) is 8.65. The minimum absolute atomic E-state index is 0.210. The first-order valence-electron chi connectivity index (χ1n) is 4.50. The number of hydrogen-bond donors (Lipinski definition) is 1. The predicted molar refractivity (Wildman–Crippen MR) is 49.0 cm³/mol. The molecular formula is C8H15N5. The first-order chi connectivity index (χ1) is 6.20. The van der Waals surface area contributed by atoms with E-state index in [0.29, 0.717) is 0 Å². The molecule has 0 saturated carbocycles. The van der Waals surface area contributed by atoms with Crippen molar-refractivity contribution in [3.05, 3.63) is 11.9 Å². The predicted octanol–water partition coefficient (Wildman–Crippen LogP) is -0.481. The van der Waals surface area contributed by atoms with E-state index >= 15 is 0 Å². The Morgan fingerprint density at radius 3 is 2.77 bits per heavy atom. The normalized spacial score (nSPS) is 29.8. The lowest BCUT2D eigenvalue weighted by Gasteiger charge is -2.21. The van der Waals surface area contributed by atoms with E-state index in [1.54, 1.807) is 10.9 Å². The van der Waals surface area contributed by atoms with Crippen LogP contribution >= 0.6 is 0 Å². The summed E-state index contributed by atoms with van der Waals surface area (Å²) in [7, 11) is 3.99. The van der Waals surface area contributed by atoms with Gasteiger partial charge in [0.2, 0.25) is 0 Å². The largest absolute Gasteiger partial charge is 0.326 e. The molecule has 0 spiro atoms. The maximum Gasteiger partial charge on any atom is 0.0771 e. The molecule has 1 aliphatic heterocycles. The van der Waals surface area contributed by atoms with Crippen molar-refractivity contribution >= 4 is 0 Å². The van der Waals surface area contributed by atoms with E-state index in [0.717, 1.165) is 18.7 Å². The molecule has 1 aliphatic rings. The molecule has 2 N–H and O–H groups in total. The second kappa shape index (κ2) is 3.08. The monoisotopic (exact) mass is 181 g/mol. The highest BCUT2D eigenvalue weighted by molar-refractivity contribution is 5.08. The van der Waals surface area contributed by atoms with Crippen molar-refractivity contribution in [1.29, 1.82) is 0 Å². The van der Waals surface area contributed by atoms with Gasteiger partial charge in [0.1, 0.15) is 0 Å². The molecule has 1 saturated heterocycles. The number of aromatic nitrogens is 3. The van der Waals surface area contributed by atoms with Crippen LogP contribution in [0.15, 0.2) is 6.20 Å². The van der Waals surface area contributed by atoms with E-state index in [2.05, 4.69) is 22.3 Å². The molecule has 2 heterocycles. The van der Waals surface area contributed by atoms with Crippen molar-refractivity contribution in [2.75, 3.05) is 13.6 Å². The minimum Gasteiger partial charge on any atom is -0.326 e. The van der Waals surface area contributed by atoms with Gasteiger partial charge in [-0.1, -0.05) is 5.21 Å². The molecule has 2 rings (SSSR count). The van der Waals surface area contributed by atoms with Gasteiger partial charge in [0, 0.05) is 19.6 Å². The molecule has 0 aromatic carbocycles. The summed E-state index contributed by atoms with van der Waals surface area (Å²) in [6.07, 6.45) is 2.85. The number of hydrogen-bond acceptors (Lipinski definition) is 4. The number of likely N-dealkylation sites (tertiary alicyclic amines) is 1. The van der Waals surface area contributed by atoms with Crippen LogP contribution in [0.4, 0.5) is 0 Å². The smallest absolute Gasteiger partial charge is 0.0771 e. The summed E-state index contributed by atoms with van der Waals surface area (Å²) in [6.45, 7) is 1.05. The molecule has 0 aliphatic carbocycles. The van der Waals surface area contributed by atoms with Crippen LogP contribution in [0.3, 0.4) is 0 Å². The highest BCUT2D eigenvalue weighted by atomic mass is 15.4. The van der Waals surface area contributed by atoms with Crippen LogP contribution in [0.2, 0.25) is 0 Å². The highest BCUT2D eigenvalue weighted by Gasteiger charge is 2.32. The Balaban J connectivity index is 2.29. The lowest BCUT2D eigenvalue weighted by molar-refractivity contribution is 0.291. The van der Waals surface area contributed by atoms with Gasteiger partial charge in [-0.3, -0.25) is 9.58 Å². The van der Waals surface area contributed by atoms with Gasteiger partial charge in [-0.25, -0.2) is 0 Å². The summed E-state index contributed by atoms with van der Waals surface area (Å²) < 4.78 is 1.80. The third-order valence-electron chi connectivity index (χ3n) is 2.75. The van der Waals surface area contributed by atoms with E-state index in [1.165, 1.54) is 0 Å². The molecule has 1 fully saturated rings. The van der Waals surface area contributed by atoms with Gasteiger partial charge in [0.15, 0.2) is 0 Å². The molecule has 5 heteroatoms. The van der Waals surface area contributed by atoms with Crippen LogP contribution < -0.4 is 5.73 Å². The summed E-state index contributed by atoms with van der Waals surface area (Å²) in [6, 6.07) is 0.488. The summed E-state index contributed by atoms with van der Waals surface area (Å²) in [4.78, 5) is 2.25. The zero-order valence-corrected chi connectivity index (χ0v) is 8.01. The molecule has 13 heavy (non-hydrogen) atoms. The zero-order chi connectivity index (χ0) is 9.42. The van der Waals surface area contributed by atoms with Gasteiger partial charge in [-0.15, -0.1) is 5.10 Å². The Bertz CT molecular complexity index is 284. The maximum absolute atomic E-state index is 6.02. The van der Waals surface area contributed by atoms with Gasteiger partial charge in [-0.05, 0) is 13.5 Å². The molecule has 2 atom stereocenters. The van der Waals surface area contributed by atoms with Crippen LogP contribution in [-0.4, -0.2) is 39.5 Å². The topological polar surface area (TPSA) is 60.0 Å². The van der Waals surface area contributed by atoms with Crippen molar-refractivity contribution < 1.29 is 0 Å². The number of nitrogens with two attached hydrogens (primary N) is 1. The zero-order valence-electron chi connectivity index (χ0n) is 8.01. The Hall–Kier alpha value is -0.940. The van der Waals surface area contributed by atoms with Crippen molar-refractivity contribution in [3.63, 3.8) is 0 Å². The fraction of sp³-hybridized carbons (Fsp3) is 0.750. The molecule has 0 radical (unpaired) electrons. The second-order valence-electron chi connectivity index (χ2n) is 3.66. The molecule has 1 aromatic heterocycles. The molecule has 0 amide bonds. The Morgan fingerprint density at radius 2 is 2.31 bits per heavy atom. The number of likely N-dealkylation sites (N-methyl/N-ethyl adjacent to an activating group) is 1. The lowest BCUT2D eigenvalue weighted by Crippen LogP contribution is -2.31. The van der Waals surface area contributed by atoms with Crippen LogP contribution in [0, 0.1) is 0 Å². The number of rotatable bonds is 1. The van der Waals surface area contributed by atoms with Gasteiger partial charge >= 0.3 is 0 Å². The summed E-state index contributed by atoms with van der Waals surface area (Å²) >= 11 is 0. The van der Waals surface area contributed by atoms with Crippen molar-refractivity contribution in [3.8, 4) is 0 Å². The Labute approximate surface area is 77.5 Å². The molecule has 1 aromatic rings. The third kappa shape index (κ3) is 1.34. The van der Waals surface area contributed by atoms with E-state index in [4.69, 9.17) is 5.73 Å². The summed E-state index contributed by atoms with van der Waals surface area (Å²) in [5.74, 6) is 0. The van der Waals surface area contributed by atoms with Gasteiger partial charge < -0.3 is 5.73 Å². The van der Waals surface area contributed by atoms with Crippen molar-refractivity contribution in [1.82, 2.24) is 19.9 Å². The number of nitrogens with zero attached hydrogens (tertiary/aromatic N) is 4. The second-order valence-corrected chi connectivity index (χ2v) is 3.66. The highest BCUT2D eigenvalue weighted by Crippen LogP contribution is 2.28. The van der Waals surface area contributed by atoms with Gasteiger partial charge in [0.05, 0.1) is 17.9 Å². The molecule has 5 nitrogen and oxygen atoms in total. The minimum atomic E-state index is 0.210. The fourth-order valence-electron chi connectivity index (χ4n) is 1.99. The molecule has 2 unspecified atom stereocenters. The Morgan fingerprint density at radius 1 is 1.54 bits per heavy atom. The van der Waals surface area contributed by atoms with Crippen LogP contribution in [0.1, 0.15) is 18.2 Å². The van der Waals surface area contributed by atoms with Gasteiger partial charge in [0.25, 0.3) is 0 Å². The third-order valence-corrected chi connectivity index (χ3v) is 2.75. The summed E-state index contributed by atoms with van der Waals surface area (Å²) in [5, 5.41) is 7.78. The molecular weight excluding hydrogens is 166 g/mol. The van der Waals surface area contributed by atoms with Crippen LogP contribution in [0.25, 0.3) is 0 Å².